The maximum absolute atomic E-state index is 10.9. The fourth-order valence-electron chi connectivity index (χ4n) is 1.64. The number of aliphatic carboxylic acids is 1. The summed E-state index contributed by atoms with van der Waals surface area (Å²) in [6.45, 7) is 5.74. The zero-order valence-corrected chi connectivity index (χ0v) is 8.24. The molecule has 1 aromatic heterocycles. The minimum atomic E-state index is -0.759. The Kier molecular flexibility index (Phi) is 2.76. The molecule has 0 amide bonds. The maximum atomic E-state index is 10.9. The summed E-state index contributed by atoms with van der Waals surface area (Å²) in [5.41, 5.74) is 2.01. The van der Waals surface area contributed by atoms with Crippen LogP contribution in [0.2, 0.25) is 0 Å². The van der Waals surface area contributed by atoms with Gasteiger partial charge in [-0.3, -0.25) is 0 Å². The van der Waals surface area contributed by atoms with Crippen molar-refractivity contribution >= 4 is 5.97 Å². The molecule has 0 fully saturated rings. The summed E-state index contributed by atoms with van der Waals surface area (Å²) in [5, 5.41) is 8.97. The Morgan fingerprint density at radius 1 is 1.46 bits per heavy atom. The van der Waals surface area contributed by atoms with Gasteiger partial charge in [0.2, 0.25) is 0 Å². The summed E-state index contributed by atoms with van der Waals surface area (Å²) in [6.07, 6.45) is 0.617. The van der Waals surface area contributed by atoms with Crippen LogP contribution in [0.25, 0.3) is 0 Å². The number of carboxylic acids is 1. The van der Waals surface area contributed by atoms with Crippen molar-refractivity contribution in [3.63, 3.8) is 0 Å². The molecule has 0 spiro atoms. The molecule has 0 saturated carbocycles. The van der Waals surface area contributed by atoms with E-state index in [-0.39, 0.29) is 0 Å². The quantitative estimate of drug-likeness (QED) is 0.776. The zero-order valence-electron chi connectivity index (χ0n) is 8.24. The predicted octanol–water partition coefficient (Wildman–Crippen LogP) is 2.14. The molecule has 1 unspecified atom stereocenters. The Morgan fingerprint density at radius 2 is 1.92 bits per heavy atom. The molecule has 1 heterocycles. The van der Waals surface area contributed by atoms with Gasteiger partial charge in [0.25, 0.3) is 0 Å². The molecule has 13 heavy (non-hydrogen) atoms. The number of aromatic nitrogens is 1. The highest BCUT2D eigenvalue weighted by Gasteiger charge is 2.19. The van der Waals surface area contributed by atoms with Crippen LogP contribution in [-0.2, 0) is 4.79 Å². The van der Waals surface area contributed by atoms with E-state index >= 15 is 0 Å². The van der Waals surface area contributed by atoms with E-state index in [1.54, 1.807) is 0 Å². The summed E-state index contributed by atoms with van der Waals surface area (Å²) in [7, 11) is 0. The Morgan fingerprint density at radius 3 is 2.23 bits per heavy atom. The lowest BCUT2D eigenvalue weighted by atomic mass is 10.2. The highest BCUT2D eigenvalue weighted by molar-refractivity contribution is 5.72. The molecule has 0 aliphatic carbocycles. The summed E-state index contributed by atoms with van der Waals surface area (Å²) >= 11 is 0. The van der Waals surface area contributed by atoms with Crippen LogP contribution in [-0.4, -0.2) is 15.6 Å². The average molecular weight is 181 g/mol. The first-order valence-electron chi connectivity index (χ1n) is 4.45. The molecule has 1 N–H and O–H groups in total. The van der Waals surface area contributed by atoms with E-state index in [1.165, 1.54) is 0 Å². The molecule has 0 aromatic carbocycles. The number of carboxylic acid groups (broad SMARTS) is 1. The first-order chi connectivity index (χ1) is 6.07. The van der Waals surface area contributed by atoms with Gasteiger partial charge in [0.1, 0.15) is 6.04 Å². The number of aryl methyl sites for hydroxylation is 2. The second kappa shape index (κ2) is 3.64. The Hall–Kier alpha value is -1.25. The number of hydrogen-bond donors (Lipinski definition) is 1. The van der Waals surface area contributed by atoms with Crippen molar-refractivity contribution in [3.8, 4) is 0 Å². The number of hydrogen-bond acceptors (Lipinski definition) is 1. The van der Waals surface area contributed by atoms with Crippen LogP contribution in [0, 0.1) is 13.8 Å². The minimum Gasteiger partial charge on any atom is -0.480 e. The third-order valence-electron chi connectivity index (χ3n) is 2.31. The van der Waals surface area contributed by atoms with E-state index in [9.17, 15) is 4.79 Å². The van der Waals surface area contributed by atoms with Crippen molar-refractivity contribution in [1.82, 2.24) is 4.57 Å². The topological polar surface area (TPSA) is 42.2 Å². The summed E-state index contributed by atoms with van der Waals surface area (Å²) in [4.78, 5) is 10.9. The van der Waals surface area contributed by atoms with Crippen molar-refractivity contribution in [3.05, 3.63) is 23.5 Å². The lowest BCUT2D eigenvalue weighted by molar-refractivity contribution is -0.141. The first kappa shape index (κ1) is 9.84. The van der Waals surface area contributed by atoms with Crippen molar-refractivity contribution < 1.29 is 9.90 Å². The lowest BCUT2D eigenvalue weighted by Gasteiger charge is -2.16. The fourth-order valence-corrected chi connectivity index (χ4v) is 1.64. The molecule has 3 heteroatoms. The van der Waals surface area contributed by atoms with Gasteiger partial charge in [-0.25, -0.2) is 4.79 Å². The fraction of sp³-hybridized carbons (Fsp3) is 0.500. The van der Waals surface area contributed by atoms with Crippen molar-refractivity contribution in [1.29, 1.82) is 0 Å². The van der Waals surface area contributed by atoms with Gasteiger partial charge in [0, 0.05) is 11.4 Å². The molecular weight excluding hydrogens is 166 g/mol. The SMILES string of the molecule is CCC(C(=O)O)n1c(C)ccc1C. The van der Waals surface area contributed by atoms with Crippen LogP contribution in [0.1, 0.15) is 30.8 Å². The highest BCUT2D eigenvalue weighted by Crippen LogP contribution is 2.18. The van der Waals surface area contributed by atoms with Crippen molar-refractivity contribution in [2.24, 2.45) is 0 Å². The third-order valence-corrected chi connectivity index (χ3v) is 2.31. The molecule has 0 saturated heterocycles. The molecule has 72 valence electrons. The summed E-state index contributed by atoms with van der Waals surface area (Å²) in [6, 6.07) is 3.47. The standard InChI is InChI=1S/C10H15NO2/c1-4-9(10(12)13)11-7(2)5-6-8(11)3/h5-6,9H,4H2,1-3H3,(H,12,13). The largest absolute Gasteiger partial charge is 0.480 e. The molecule has 1 aromatic rings. The second-order valence-corrected chi connectivity index (χ2v) is 3.25. The van der Waals surface area contributed by atoms with Crippen LogP contribution in [0.15, 0.2) is 12.1 Å². The maximum Gasteiger partial charge on any atom is 0.326 e. The number of rotatable bonds is 3. The molecule has 1 rings (SSSR count). The van der Waals surface area contributed by atoms with E-state index in [1.807, 2.05) is 37.5 Å². The van der Waals surface area contributed by atoms with Crippen LogP contribution < -0.4 is 0 Å². The molecular formula is C10H15NO2. The third kappa shape index (κ3) is 1.74. The number of nitrogens with zero attached hydrogens (tertiary/aromatic N) is 1. The van der Waals surface area contributed by atoms with E-state index in [0.29, 0.717) is 6.42 Å². The van der Waals surface area contributed by atoms with Gasteiger partial charge in [0.15, 0.2) is 0 Å². The van der Waals surface area contributed by atoms with Crippen molar-refractivity contribution in [2.45, 2.75) is 33.2 Å². The van der Waals surface area contributed by atoms with E-state index < -0.39 is 12.0 Å². The van der Waals surface area contributed by atoms with Gasteiger partial charge in [-0.05, 0) is 32.4 Å². The monoisotopic (exact) mass is 181 g/mol. The van der Waals surface area contributed by atoms with Crippen LogP contribution in [0.5, 0.6) is 0 Å². The molecule has 0 bridgehead atoms. The van der Waals surface area contributed by atoms with E-state index in [0.717, 1.165) is 11.4 Å². The van der Waals surface area contributed by atoms with E-state index in [2.05, 4.69) is 0 Å². The summed E-state index contributed by atoms with van der Waals surface area (Å²) in [5.74, 6) is -0.759. The van der Waals surface area contributed by atoms with Crippen LogP contribution in [0.4, 0.5) is 0 Å². The predicted molar refractivity (Wildman–Crippen MR) is 50.9 cm³/mol. The zero-order chi connectivity index (χ0) is 10.0. The van der Waals surface area contributed by atoms with Gasteiger partial charge >= 0.3 is 5.97 Å². The Bertz CT molecular complexity index is 295. The van der Waals surface area contributed by atoms with Crippen molar-refractivity contribution in [2.75, 3.05) is 0 Å². The molecule has 0 radical (unpaired) electrons. The van der Waals surface area contributed by atoms with Gasteiger partial charge in [0.05, 0.1) is 0 Å². The van der Waals surface area contributed by atoms with Gasteiger partial charge in [-0.1, -0.05) is 6.92 Å². The van der Waals surface area contributed by atoms with Gasteiger partial charge in [-0.2, -0.15) is 0 Å². The van der Waals surface area contributed by atoms with Crippen LogP contribution in [0.3, 0.4) is 0 Å². The average Bonchev–Trinajstić information content (AvgIpc) is 2.36. The molecule has 3 nitrogen and oxygen atoms in total. The highest BCUT2D eigenvalue weighted by atomic mass is 16.4. The second-order valence-electron chi connectivity index (χ2n) is 3.25. The number of carbonyl (C=O) groups is 1. The first-order valence-corrected chi connectivity index (χ1v) is 4.45. The van der Waals surface area contributed by atoms with E-state index in [4.69, 9.17) is 5.11 Å². The smallest absolute Gasteiger partial charge is 0.326 e. The molecule has 1 atom stereocenters. The molecule has 0 aliphatic heterocycles. The van der Waals surface area contributed by atoms with Crippen LogP contribution >= 0.6 is 0 Å². The van der Waals surface area contributed by atoms with Gasteiger partial charge < -0.3 is 9.67 Å². The lowest BCUT2D eigenvalue weighted by Crippen LogP contribution is -2.20. The Labute approximate surface area is 78.0 Å². The summed E-state index contributed by atoms with van der Waals surface area (Å²) < 4.78 is 1.86. The normalized spacial score (nSPS) is 12.8. The molecule has 0 aliphatic rings. The Balaban J connectivity index is 3.10. The van der Waals surface area contributed by atoms with Gasteiger partial charge in [-0.15, -0.1) is 0 Å². The minimum absolute atomic E-state index is 0.421.